The Morgan fingerprint density at radius 1 is 1.22 bits per heavy atom. The molecule has 4 rings (SSSR count). The lowest BCUT2D eigenvalue weighted by atomic mass is 9.52. The second-order valence-corrected chi connectivity index (χ2v) is 12.1. The Morgan fingerprint density at radius 3 is 2.42 bits per heavy atom. The van der Waals surface area contributed by atoms with Crippen LogP contribution in [-0.2, 0) is 15.7 Å². The summed E-state index contributed by atoms with van der Waals surface area (Å²) in [6.07, 6.45) is -1.60. The van der Waals surface area contributed by atoms with Gasteiger partial charge in [0.25, 0.3) is 0 Å². The molecule has 45 heavy (non-hydrogen) atoms. The van der Waals surface area contributed by atoms with Crippen molar-refractivity contribution in [1.29, 1.82) is 0 Å². The Balaban J connectivity index is 2.01. The van der Waals surface area contributed by atoms with Gasteiger partial charge in [0.05, 0.1) is 58.6 Å². The number of anilines is 1. The average Bonchev–Trinajstić information content (AvgIpc) is 2.95. The second kappa shape index (κ2) is 13.4. The third kappa shape index (κ3) is 7.38. The summed E-state index contributed by atoms with van der Waals surface area (Å²) in [7, 11) is 16.7. The summed E-state index contributed by atoms with van der Waals surface area (Å²) in [6.45, 7) is 7.11. The van der Waals surface area contributed by atoms with Crippen molar-refractivity contribution >= 4 is 75.6 Å². The largest absolute Gasteiger partial charge is 0.417 e. The monoisotopic (exact) mass is 660 g/mol. The minimum Gasteiger partial charge on any atom is -0.401 e. The molecular formula is C28H25B3ClF5N4O3S. The van der Waals surface area contributed by atoms with E-state index in [2.05, 4.69) is 11.6 Å². The Kier molecular flexibility index (Phi) is 10.4. The smallest absolute Gasteiger partial charge is 0.401 e. The number of thioether (sulfide) groups is 1. The number of aromatic nitrogens is 2. The van der Waals surface area contributed by atoms with Crippen LogP contribution in [0.4, 0.5) is 27.8 Å². The molecule has 3 heterocycles. The van der Waals surface area contributed by atoms with Crippen molar-refractivity contribution in [3.8, 4) is 0 Å². The summed E-state index contributed by atoms with van der Waals surface area (Å²) in [5, 5.41) is -2.70. The van der Waals surface area contributed by atoms with Crippen molar-refractivity contribution in [2.75, 3.05) is 30.3 Å². The first-order valence-corrected chi connectivity index (χ1v) is 14.9. The summed E-state index contributed by atoms with van der Waals surface area (Å²) < 4.78 is 77.0. The molecule has 2 aliphatic rings. The highest BCUT2D eigenvalue weighted by atomic mass is 35.5. The molecular weight excluding hydrogens is 635 g/mol. The van der Waals surface area contributed by atoms with Gasteiger partial charge in [0.15, 0.2) is 0 Å². The summed E-state index contributed by atoms with van der Waals surface area (Å²) >= 11 is 6.86. The Morgan fingerprint density at radius 2 is 1.87 bits per heavy atom. The Bertz CT molecular complexity index is 1650. The van der Waals surface area contributed by atoms with Gasteiger partial charge in [0.2, 0.25) is 5.91 Å². The zero-order chi connectivity index (χ0) is 33.4. The van der Waals surface area contributed by atoms with E-state index in [0.29, 0.717) is 6.08 Å². The van der Waals surface area contributed by atoms with E-state index in [9.17, 15) is 31.5 Å². The fraction of sp³-hybridized carbons (Fsp3) is 0.393. The minimum atomic E-state index is -4.91. The topological polar surface area (TPSA) is 67.7 Å². The first-order valence-electron chi connectivity index (χ1n) is 13.5. The maximum atomic E-state index is 14.7. The van der Waals surface area contributed by atoms with Crippen LogP contribution in [0.1, 0.15) is 31.0 Å². The van der Waals surface area contributed by atoms with Gasteiger partial charge in [-0.2, -0.15) is 18.2 Å². The predicted octanol–water partition coefficient (Wildman–Crippen LogP) is 4.72. The lowest BCUT2D eigenvalue weighted by Gasteiger charge is -2.45. The number of alkyl halides is 3. The molecule has 0 N–H and O–H groups in total. The quantitative estimate of drug-likeness (QED) is 0.177. The highest BCUT2D eigenvalue weighted by molar-refractivity contribution is 7.99. The molecule has 3 atom stereocenters. The van der Waals surface area contributed by atoms with Crippen LogP contribution in [0.25, 0.3) is 17.0 Å². The zero-order valence-corrected chi connectivity index (χ0v) is 25.7. The maximum Gasteiger partial charge on any atom is 0.417 e. The molecule has 1 saturated heterocycles. The molecule has 6 radical (unpaired) electrons. The predicted molar refractivity (Wildman–Crippen MR) is 168 cm³/mol. The van der Waals surface area contributed by atoms with Crippen molar-refractivity contribution in [1.82, 2.24) is 14.5 Å². The number of ether oxygens (including phenoxy) is 1. The van der Waals surface area contributed by atoms with Gasteiger partial charge in [-0.15, -0.1) is 11.8 Å². The molecule has 232 valence electrons. The molecule has 1 amide bonds. The average molecular weight is 660 g/mol. The molecule has 0 aliphatic carbocycles. The molecule has 1 aromatic heterocycles. The fourth-order valence-corrected chi connectivity index (χ4v) is 6.93. The van der Waals surface area contributed by atoms with E-state index in [1.54, 1.807) is 23.6 Å². The lowest BCUT2D eigenvalue weighted by molar-refractivity contribution is -0.137. The van der Waals surface area contributed by atoms with Gasteiger partial charge in [-0.25, -0.2) is 13.6 Å². The Hall–Kier alpha value is -2.97. The van der Waals surface area contributed by atoms with Crippen molar-refractivity contribution in [2.45, 2.75) is 48.3 Å². The van der Waals surface area contributed by atoms with E-state index in [4.69, 9.17) is 39.9 Å². The van der Waals surface area contributed by atoms with Crippen LogP contribution in [0.5, 0.6) is 0 Å². The first kappa shape index (κ1) is 34.9. The van der Waals surface area contributed by atoms with Gasteiger partial charge in [0, 0.05) is 52.8 Å². The van der Waals surface area contributed by atoms with Gasteiger partial charge in [-0.05, 0) is 37.4 Å². The number of amides is 1. The maximum absolute atomic E-state index is 14.7. The number of carbonyl (C=O) groups is 1. The number of carbonyl (C=O) groups excluding carboxylic acids is 1. The van der Waals surface area contributed by atoms with Crippen LogP contribution in [-0.4, -0.2) is 86.7 Å². The molecule has 1 aromatic carbocycles. The van der Waals surface area contributed by atoms with Gasteiger partial charge >= 0.3 is 11.9 Å². The number of hydrogen-bond donors (Lipinski definition) is 0. The molecule has 2 aromatic rings. The van der Waals surface area contributed by atoms with Crippen LogP contribution in [0.3, 0.4) is 0 Å². The SMILES string of the molecule is [B]C([B])([B])OCC1CSc2c(/C=C/C(Cl)=C(F)\C=C\F)c(C(F)(F)F)cc3c(N4CC(C)N(C(=O)C=C)C(C)C4)nc(=O)n1c23. The van der Waals surface area contributed by atoms with Crippen LogP contribution in [0, 0.1) is 0 Å². The van der Waals surface area contributed by atoms with Crippen LogP contribution >= 0.6 is 23.4 Å². The van der Waals surface area contributed by atoms with E-state index in [1.165, 1.54) is 10.6 Å². The summed E-state index contributed by atoms with van der Waals surface area (Å²) in [5.74, 6) is -1.50. The summed E-state index contributed by atoms with van der Waals surface area (Å²) in [4.78, 5) is 33.7. The number of rotatable bonds is 8. The second-order valence-electron chi connectivity index (χ2n) is 10.7. The van der Waals surface area contributed by atoms with E-state index >= 15 is 0 Å². The highest BCUT2D eigenvalue weighted by Crippen LogP contribution is 2.47. The lowest BCUT2D eigenvalue weighted by Crippen LogP contribution is -2.58. The molecule has 0 spiro atoms. The van der Waals surface area contributed by atoms with E-state index in [-0.39, 0.29) is 59.3 Å². The number of halogens is 6. The van der Waals surface area contributed by atoms with Crippen molar-refractivity contribution in [2.24, 2.45) is 0 Å². The fourth-order valence-electron chi connectivity index (χ4n) is 5.52. The normalized spacial score (nSPS) is 21.6. The third-order valence-electron chi connectivity index (χ3n) is 7.28. The van der Waals surface area contributed by atoms with Crippen LogP contribution in [0.2, 0.25) is 0 Å². The van der Waals surface area contributed by atoms with Crippen LogP contribution in [0.15, 0.2) is 57.8 Å². The number of nitrogens with zero attached hydrogens (tertiary/aromatic N) is 4. The van der Waals surface area contributed by atoms with Crippen molar-refractivity contribution < 1.29 is 31.5 Å². The van der Waals surface area contributed by atoms with Gasteiger partial charge in [0.1, 0.15) is 11.6 Å². The summed E-state index contributed by atoms with van der Waals surface area (Å²) in [6, 6.07) is -0.733. The highest BCUT2D eigenvalue weighted by Gasteiger charge is 2.40. The molecule has 0 saturated carbocycles. The summed E-state index contributed by atoms with van der Waals surface area (Å²) in [5.41, 5.74) is -2.18. The molecule has 17 heteroatoms. The number of allylic oxidation sites excluding steroid dienone is 4. The molecule has 2 aliphatic heterocycles. The minimum absolute atomic E-state index is 0.00173. The molecule has 3 unspecified atom stereocenters. The van der Waals surface area contributed by atoms with Gasteiger partial charge in [-0.1, -0.05) is 24.3 Å². The number of benzene rings is 1. The molecule has 0 bridgehead atoms. The first-order chi connectivity index (χ1) is 21.0. The van der Waals surface area contributed by atoms with Crippen molar-refractivity contribution in [3.05, 3.63) is 69.7 Å². The molecule has 7 nitrogen and oxygen atoms in total. The van der Waals surface area contributed by atoms with Crippen LogP contribution < -0.4 is 10.6 Å². The zero-order valence-electron chi connectivity index (χ0n) is 24.2. The van der Waals surface area contributed by atoms with Crippen molar-refractivity contribution in [3.63, 3.8) is 0 Å². The van der Waals surface area contributed by atoms with E-state index in [0.717, 1.165) is 30.0 Å². The third-order valence-corrected chi connectivity index (χ3v) is 8.84. The number of piperazine rings is 1. The van der Waals surface area contributed by atoms with Gasteiger partial charge < -0.3 is 14.5 Å². The molecule has 1 fully saturated rings. The Labute approximate surface area is 269 Å². The van der Waals surface area contributed by atoms with Gasteiger partial charge in [-0.3, -0.25) is 9.36 Å². The standard InChI is InChI=1S/C28H25B3ClF5N4O3S/c1-4-22(42)40-14(2)10-39(11-15(40)3)25-18-9-19(27(35,36)37)17(5-6-20(32)21(34)7-8-33)24-23(18)41(26(43)38-25)16(13-45-24)12-44-28(29,30)31/h4-9,14-16H,1,10-13H2,2-3H3/b6-5+,8-7+,21-20-. The number of hydrogen-bond acceptors (Lipinski definition) is 6. The van der Waals surface area contributed by atoms with E-state index in [1.807, 2.05) is 0 Å². The van der Waals surface area contributed by atoms with E-state index < -0.39 is 57.3 Å².